The second-order valence-corrected chi connectivity index (χ2v) is 8.42. The van der Waals surface area contributed by atoms with Gasteiger partial charge in [-0.15, -0.1) is 0 Å². The third kappa shape index (κ3) is 3.36. The fraction of sp³-hybridized carbons (Fsp3) is 0.296. The zero-order valence-electron chi connectivity index (χ0n) is 18.1. The SMILES string of the molecule is CCCN1CC=C2C(C#N)=C(N)C(C#N)(C#N)C(c3ccc(-c4ccccc4)cc3)C2C1. The van der Waals surface area contributed by atoms with Crippen molar-refractivity contribution in [2.45, 2.75) is 19.3 Å². The van der Waals surface area contributed by atoms with Gasteiger partial charge in [0.1, 0.15) is 6.07 Å². The Morgan fingerprint density at radius 2 is 1.66 bits per heavy atom. The molecule has 1 aliphatic carbocycles. The van der Waals surface area contributed by atoms with Crippen molar-refractivity contribution in [2.75, 3.05) is 19.6 Å². The minimum atomic E-state index is -1.59. The molecule has 1 aliphatic heterocycles. The molecule has 2 unspecified atom stereocenters. The summed E-state index contributed by atoms with van der Waals surface area (Å²) in [6, 6.07) is 24.7. The van der Waals surface area contributed by atoms with Crippen LogP contribution in [0.3, 0.4) is 0 Å². The van der Waals surface area contributed by atoms with Gasteiger partial charge in [0, 0.05) is 24.9 Å². The second kappa shape index (κ2) is 8.72. The molecule has 2 aromatic carbocycles. The van der Waals surface area contributed by atoms with Crippen LogP contribution in [-0.2, 0) is 0 Å². The second-order valence-electron chi connectivity index (χ2n) is 8.42. The number of nitrogens with two attached hydrogens (primary N) is 1. The van der Waals surface area contributed by atoms with E-state index in [1.807, 2.05) is 42.5 Å². The van der Waals surface area contributed by atoms with E-state index in [9.17, 15) is 15.8 Å². The zero-order chi connectivity index (χ0) is 22.7. The Labute approximate surface area is 189 Å². The zero-order valence-corrected chi connectivity index (χ0v) is 18.1. The molecule has 0 radical (unpaired) electrons. The van der Waals surface area contributed by atoms with Crippen molar-refractivity contribution in [3.8, 4) is 29.3 Å². The summed E-state index contributed by atoms with van der Waals surface area (Å²) in [6.07, 6.45) is 3.07. The minimum Gasteiger partial charge on any atom is -0.399 e. The Morgan fingerprint density at radius 3 is 2.25 bits per heavy atom. The van der Waals surface area contributed by atoms with E-state index in [4.69, 9.17) is 5.73 Å². The normalized spacial score (nSPS) is 22.1. The van der Waals surface area contributed by atoms with E-state index >= 15 is 0 Å². The first-order valence-electron chi connectivity index (χ1n) is 10.9. The number of benzene rings is 2. The van der Waals surface area contributed by atoms with Crippen molar-refractivity contribution in [1.29, 1.82) is 15.8 Å². The van der Waals surface area contributed by atoms with Crippen LogP contribution < -0.4 is 5.73 Å². The molecule has 32 heavy (non-hydrogen) atoms. The van der Waals surface area contributed by atoms with Gasteiger partial charge >= 0.3 is 0 Å². The third-order valence-corrected chi connectivity index (χ3v) is 6.66. The summed E-state index contributed by atoms with van der Waals surface area (Å²) < 4.78 is 0. The van der Waals surface area contributed by atoms with Gasteiger partial charge in [-0.05, 0) is 35.2 Å². The Bertz CT molecular complexity index is 1170. The molecule has 5 heteroatoms. The summed E-state index contributed by atoms with van der Waals surface area (Å²) in [5.41, 5.74) is 9.12. The maximum Gasteiger partial charge on any atom is 0.191 e. The molecule has 2 aliphatic rings. The van der Waals surface area contributed by atoms with Gasteiger partial charge in [-0.1, -0.05) is 67.6 Å². The van der Waals surface area contributed by atoms with Crippen molar-refractivity contribution in [2.24, 2.45) is 17.1 Å². The highest BCUT2D eigenvalue weighted by atomic mass is 15.1. The van der Waals surface area contributed by atoms with E-state index in [2.05, 4.69) is 48.2 Å². The number of nitriles is 3. The van der Waals surface area contributed by atoms with Crippen molar-refractivity contribution in [3.63, 3.8) is 0 Å². The highest BCUT2D eigenvalue weighted by molar-refractivity contribution is 5.65. The number of nitrogens with zero attached hydrogens (tertiary/aromatic N) is 4. The van der Waals surface area contributed by atoms with Crippen LogP contribution in [0.15, 0.2) is 77.5 Å². The van der Waals surface area contributed by atoms with Crippen LogP contribution in [0.1, 0.15) is 24.8 Å². The summed E-state index contributed by atoms with van der Waals surface area (Å²) in [5.74, 6) is -0.607. The molecular formula is C27H25N5. The van der Waals surface area contributed by atoms with Gasteiger partial charge in [-0.25, -0.2) is 0 Å². The number of rotatable bonds is 4. The standard InChI is InChI=1S/C27H25N5/c1-2-13-32-14-12-22-23(15-28)26(31)27(17-29,18-30)25(24(22)16-32)21-10-8-20(9-11-21)19-6-4-3-5-7-19/h3-12,24-25H,2,13-14,16,31H2,1H3. The van der Waals surface area contributed by atoms with Crippen molar-refractivity contribution >= 4 is 0 Å². The van der Waals surface area contributed by atoms with Crippen LogP contribution in [0.2, 0.25) is 0 Å². The first-order valence-corrected chi connectivity index (χ1v) is 10.9. The molecule has 2 N–H and O–H groups in total. The predicted octanol–water partition coefficient (Wildman–Crippen LogP) is 4.49. The lowest BCUT2D eigenvalue weighted by Gasteiger charge is -2.45. The summed E-state index contributed by atoms with van der Waals surface area (Å²) in [6.45, 7) is 4.48. The molecule has 0 saturated heterocycles. The largest absolute Gasteiger partial charge is 0.399 e. The van der Waals surface area contributed by atoms with Gasteiger partial charge in [0.2, 0.25) is 0 Å². The molecule has 0 bridgehead atoms. The summed E-state index contributed by atoms with van der Waals surface area (Å²) in [4.78, 5) is 2.31. The van der Waals surface area contributed by atoms with Gasteiger partial charge in [-0.3, -0.25) is 4.90 Å². The fourth-order valence-electron chi connectivity index (χ4n) is 5.13. The monoisotopic (exact) mass is 419 g/mol. The lowest BCUT2D eigenvalue weighted by Crippen LogP contribution is -2.48. The topological polar surface area (TPSA) is 101 Å². The van der Waals surface area contributed by atoms with Crippen LogP contribution >= 0.6 is 0 Å². The Morgan fingerprint density at radius 1 is 1.00 bits per heavy atom. The molecule has 5 nitrogen and oxygen atoms in total. The molecule has 158 valence electrons. The maximum absolute atomic E-state index is 10.2. The molecule has 4 rings (SSSR count). The molecule has 0 amide bonds. The summed E-state index contributed by atoms with van der Waals surface area (Å²) in [7, 11) is 0. The highest BCUT2D eigenvalue weighted by Crippen LogP contribution is 2.54. The van der Waals surface area contributed by atoms with Crippen LogP contribution in [0.4, 0.5) is 0 Å². The van der Waals surface area contributed by atoms with E-state index in [0.717, 1.165) is 41.8 Å². The minimum absolute atomic E-state index is 0.0774. The molecule has 0 aromatic heterocycles. The van der Waals surface area contributed by atoms with Gasteiger partial charge in [-0.2, -0.15) is 15.8 Å². The first-order chi connectivity index (χ1) is 15.6. The van der Waals surface area contributed by atoms with Gasteiger partial charge in [0.05, 0.1) is 23.4 Å². The Hall–Kier alpha value is -3.85. The van der Waals surface area contributed by atoms with Crippen LogP contribution in [0.5, 0.6) is 0 Å². The average molecular weight is 420 g/mol. The first kappa shape index (κ1) is 21.4. The van der Waals surface area contributed by atoms with Crippen molar-refractivity contribution < 1.29 is 0 Å². The molecule has 2 atom stereocenters. The molecule has 1 heterocycles. The Balaban J connectivity index is 1.86. The van der Waals surface area contributed by atoms with Crippen LogP contribution in [-0.4, -0.2) is 24.5 Å². The van der Waals surface area contributed by atoms with E-state index in [1.54, 1.807) is 0 Å². The van der Waals surface area contributed by atoms with Crippen LogP contribution in [0, 0.1) is 45.3 Å². The molecule has 0 saturated carbocycles. The van der Waals surface area contributed by atoms with Gasteiger partial charge in [0.15, 0.2) is 5.41 Å². The maximum atomic E-state index is 10.2. The fourth-order valence-corrected chi connectivity index (χ4v) is 5.13. The summed E-state index contributed by atoms with van der Waals surface area (Å²) in [5, 5.41) is 30.3. The quantitative estimate of drug-likeness (QED) is 0.787. The number of fused-ring (bicyclic) bond motifs is 1. The third-order valence-electron chi connectivity index (χ3n) is 6.66. The predicted molar refractivity (Wildman–Crippen MR) is 123 cm³/mol. The van der Waals surface area contributed by atoms with E-state index in [-0.39, 0.29) is 11.6 Å². The Kier molecular flexibility index (Phi) is 5.83. The van der Waals surface area contributed by atoms with E-state index in [1.165, 1.54) is 0 Å². The molecule has 2 aromatic rings. The number of hydrogen-bond donors (Lipinski definition) is 1. The van der Waals surface area contributed by atoms with Gasteiger partial charge in [0.25, 0.3) is 0 Å². The van der Waals surface area contributed by atoms with E-state index in [0.29, 0.717) is 12.1 Å². The number of hydrogen-bond acceptors (Lipinski definition) is 5. The molecule has 0 fully saturated rings. The van der Waals surface area contributed by atoms with Crippen molar-refractivity contribution in [3.05, 3.63) is 83.1 Å². The van der Waals surface area contributed by atoms with Gasteiger partial charge < -0.3 is 5.73 Å². The molecule has 0 spiro atoms. The van der Waals surface area contributed by atoms with Crippen molar-refractivity contribution in [1.82, 2.24) is 4.90 Å². The summed E-state index contributed by atoms with van der Waals surface area (Å²) >= 11 is 0. The smallest absolute Gasteiger partial charge is 0.191 e. The lowest BCUT2D eigenvalue weighted by molar-refractivity contribution is 0.207. The lowest BCUT2D eigenvalue weighted by atomic mass is 9.58. The highest BCUT2D eigenvalue weighted by Gasteiger charge is 2.54. The average Bonchev–Trinajstić information content (AvgIpc) is 2.84. The number of allylic oxidation sites excluding steroid dienone is 2. The molecular weight excluding hydrogens is 394 g/mol. The van der Waals surface area contributed by atoms with Crippen LogP contribution in [0.25, 0.3) is 11.1 Å². The van der Waals surface area contributed by atoms with E-state index < -0.39 is 11.3 Å².